The Kier molecular flexibility index (Phi) is 3.33. The summed E-state index contributed by atoms with van der Waals surface area (Å²) in [5, 5.41) is 9.05. The molecule has 0 saturated carbocycles. The van der Waals surface area contributed by atoms with Gasteiger partial charge in [-0.3, -0.25) is 9.78 Å². The summed E-state index contributed by atoms with van der Waals surface area (Å²) < 4.78 is 0. The summed E-state index contributed by atoms with van der Waals surface area (Å²) in [6.45, 7) is 0.508. The smallest absolute Gasteiger partial charge is 0.337 e. The van der Waals surface area contributed by atoms with E-state index in [0.29, 0.717) is 24.4 Å². The zero-order chi connectivity index (χ0) is 12.4. The Hall–Kier alpha value is -1.56. The normalized spacial score (nSPS) is 19.7. The third-order valence-electron chi connectivity index (χ3n) is 2.78. The number of aromatic carboxylic acids is 1. The van der Waals surface area contributed by atoms with Gasteiger partial charge in [-0.15, -0.1) is 0 Å². The Morgan fingerprint density at radius 3 is 3.00 bits per heavy atom. The van der Waals surface area contributed by atoms with Crippen LogP contribution in [0.3, 0.4) is 0 Å². The molecule has 6 heteroatoms. The molecule has 17 heavy (non-hydrogen) atoms. The summed E-state index contributed by atoms with van der Waals surface area (Å²) >= 11 is 4.17. The number of anilines is 1. The van der Waals surface area contributed by atoms with Crippen LogP contribution < -0.4 is 4.90 Å². The van der Waals surface area contributed by atoms with Crippen molar-refractivity contribution in [2.75, 3.05) is 17.2 Å². The van der Waals surface area contributed by atoms with Gasteiger partial charge in [0, 0.05) is 19.2 Å². The van der Waals surface area contributed by atoms with E-state index >= 15 is 0 Å². The number of carboxylic acids is 1. The minimum Gasteiger partial charge on any atom is -0.478 e. The van der Waals surface area contributed by atoms with E-state index in [1.165, 1.54) is 23.4 Å². The van der Waals surface area contributed by atoms with Crippen LogP contribution in [-0.4, -0.2) is 34.3 Å². The van der Waals surface area contributed by atoms with Gasteiger partial charge in [-0.2, -0.15) is 12.6 Å². The highest BCUT2D eigenvalue weighted by molar-refractivity contribution is 7.80. The maximum absolute atomic E-state index is 11.8. The van der Waals surface area contributed by atoms with E-state index in [2.05, 4.69) is 17.6 Å². The molecule has 2 rings (SSSR count). The van der Waals surface area contributed by atoms with Crippen molar-refractivity contribution in [3.05, 3.63) is 24.0 Å². The molecule has 0 aromatic carbocycles. The summed E-state index contributed by atoms with van der Waals surface area (Å²) in [5.74, 6) is -0.331. The molecule has 0 bridgehead atoms. The summed E-state index contributed by atoms with van der Waals surface area (Å²) in [4.78, 5) is 28.2. The third-order valence-corrected chi connectivity index (χ3v) is 3.30. The molecule has 1 aliphatic rings. The van der Waals surface area contributed by atoms with Gasteiger partial charge in [-0.1, -0.05) is 0 Å². The van der Waals surface area contributed by atoms with Crippen LogP contribution >= 0.6 is 12.6 Å². The fourth-order valence-electron chi connectivity index (χ4n) is 1.92. The van der Waals surface area contributed by atoms with E-state index in [9.17, 15) is 9.59 Å². The van der Waals surface area contributed by atoms with Crippen LogP contribution in [0.4, 0.5) is 5.69 Å². The molecule has 1 amide bonds. The summed E-state index contributed by atoms with van der Waals surface area (Å²) in [5.41, 5.74) is 0.474. The summed E-state index contributed by atoms with van der Waals surface area (Å²) in [7, 11) is 0. The SMILES string of the molecule is O=C(O)c1ccncc1N1CC(CS)CC1=O. The number of hydrogen-bond donors (Lipinski definition) is 2. The number of carbonyl (C=O) groups is 2. The number of carboxylic acid groups (broad SMARTS) is 1. The van der Waals surface area contributed by atoms with Crippen molar-refractivity contribution >= 4 is 30.2 Å². The van der Waals surface area contributed by atoms with E-state index in [1.807, 2.05) is 0 Å². The van der Waals surface area contributed by atoms with Crippen molar-refractivity contribution in [3.8, 4) is 0 Å². The Morgan fingerprint density at radius 1 is 1.65 bits per heavy atom. The Morgan fingerprint density at radius 2 is 2.41 bits per heavy atom. The fourth-order valence-corrected chi connectivity index (χ4v) is 2.16. The van der Waals surface area contributed by atoms with Crippen LogP contribution in [0.5, 0.6) is 0 Å². The number of nitrogens with zero attached hydrogens (tertiary/aromatic N) is 2. The molecule has 1 saturated heterocycles. The average Bonchev–Trinajstić information content (AvgIpc) is 2.70. The number of aromatic nitrogens is 1. The second kappa shape index (κ2) is 4.75. The standard InChI is InChI=1S/C11H12N2O3S/c14-10-3-7(6-17)5-13(10)9-4-12-2-1-8(9)11(15)16/h1-2,4,7,17H,3,5-6H2,(H,15,16). The molecule has 0 spiro atoms. The van der Waals surface area contributed by atoms with Gasteiger partial charge in [0.1, 0.15) is 0 Å². The Bertz CT molecular complexity index is 464. The van der Waals surface area contributed by atoms with Crippen molar-refractivity contribution in [2.24, 2.45) is 5.92 Å². The van der Waals surface area contributed by atoms with Crippen molar-refractivity contribution in [1.29, 1.82) is 0 Å². The van der Waals surface area contributed by atoms with Crippen LogP contribution in [0.25, 0.3) is 0 Å². The van der Waals surface area contributed by atoms with E-state index < -0.39 is 5.97 Å². The first kappa shape index (κ1) is 11.9. The second-order valence-electron chi connectivity index (χ2n) is 3.96. The highest BCUT2D eigenvalue weighted by Crippen LogP contribution is 2.27. The topological polar surface area (TPSA) is 70.5 Å². The number of carbonyl (C=O) groups excluding carboxylic acids is 1. The zero-order valence-corrected chi connectivity index (χ0v) is 9.93. The molecule has 90 valence electrons. The van der Waals surface area contributed by atoms with Crippen molar-refractivity contribution in [3.63, 3.8) is 0 Å². The Labute approximate surface area is 104 Å². The lowest BCUT2D eigenvalue weighted by Crippen LogP contribution is -2.26. The first-order valence-electron chi connectivity index (χ1n) is 5.22. The number of hydrogen-bond acceptors (Lipinski definition) is 4. The van der Waals surface area contributed by atoms with Crippen molar-refractivity contribution < 1.29 is 14.7 Å². The lowest BCUT2D eigenvalue weighted by atomic mass is 10.1. The first-order valence-corrected chi connectivity index (χ1v) is 5.85. The molecule has 1 fully saturated rings. The van der Waals surface area contributed by atoms with Gasteiger partial charge in [0.25, 0.3) is 0 Å². The van der Waals surface area contributed by atoms with Gasteiger partial charge in [0.2, 0.25) is 5.91 Å². The lowest BCUT2D eigenvalue weighted by molar-refractivity contribution is -0.117. The first-order chi connectivity index (χ1) is 8.13. The van der Waals surface area contributed by atoms with E-state index in [4.69, 9.17) is 5.11 Å². The minimum absolute atomic E-state index is 0.0699. The van der Waals surface area contributed by atoms with Gasteiger partial charge in [-0.05, 0) is 17.7 Å². The molecule has 5 nitrogen and oxygen atoms in total. The van der Waals surface area contributed by atoms with Crippen LogP contribution in [0.15, 0.2) is 18.5 Å². The van der Waals surface area contributed by atoms with E-state index in [0.717, 1.165) is 0 Å². The molecule has 1 atom stereocenters. The number of amides is 1. The molecular formula is C11H12N2O3S. The van der Waals surface area contributed by atoms with Gasteiger partial charge in [0.05, 0.1) is 17.4 Å². The van der Waals surface area contributed by atoms with Crippen LogP contribution in [0, 0.1) is 5.92 Å². The summed E-state index contributed by atoms with van der Waals surface area (Å²) in [6.07, 6.45) is 3.24. The highest BCUT2D eigenvalue weighted by atomic mass is 32.1. The molecule has 0 radical (unpaired) electrons. The predicted molar refractivity (Wildman–Crippen MR) is 65.5 cm³/mol. The molecule has 1 N–H and O–H groups in total. The molecule has 1 aromatic rings. The third kappa shape index (κ3) is 2.26. The van der Waals surface area contributed by atoms with E-state index in [1.54, 1.807) is 0 Å². The highest BCUT2D eigenvalue weighted by Gasteiger charge is 2.31. The van der Waals surface area contributed by atoms with Gasteiger partial charge in [-0.25, -0.2) is 4.79 Å². The van der Waals surface area contributed by atoms with Crippen molar-refractivity contribution in [1.82, 2.24) is 4.98 Å². The summed E-state index contributed by atoms with van der Waals surface area (Å²) in [6, 6.07) is 1.40. The van der Waals surface area contributed by atoms with Gasteiger partial charge in [0.15, 0.2) is 0 Å². The van der Waals surface area contributed by atoms with Crippen LogP contribution in [0.1, 0.15) is 16.8 Å². The van der Waals surface area contributed by atoms with Gasteiger partial charge >= 0.3 is 5.97 Å². The molecule has 0 aliphatic carbocycles. The number of pyridine rings is 1. The predicted octanol–water partition coefficient (Wildman–Crippen LogP) is 1.06. The Balaban J connectivity index is 2.35. The zero-order valence-electron chi connectivity index (χ0n) is 9.04. The second-order valence-corrected chi connectivity index (χ2v) is 4.32. The molecule has 1 aromatic heterocycles. The molecular weight excluding hydrogens is 240 g/mol. The molecule has 2 heterocycles. The quantitative estimate of drug-likeness (QED) is 0.789. The lowest BCUT2D eigenvalue weighted by Gasteiger charge is -2.17. The number of rotatable bonds is 3. The van der Waals surface area contributed by atoms with Crippen LogP contribution in [0.2, 0.25) is 0 Å². The van der Waals surface area contributed by atoms with Crippen LogP contribution in [-0.2, 0) is 4.79 Å². The fraction of sp³-hybridized carbons (Fsp3) is 0.364. The van der Waals surface area contributed by atoms with Crippen molar-refractivity contribution in [2.45, 2.75) is 6.42 Å². The maximum atomic E-state index is 11.8. The number of thiol groups is 1. The van der Waals surface area contributed by atoms with Gasteiger partial charge < -0.3 is 10.0 Å². The molecule has 1 unspecified atom stereocenters. The maximum Gasteiger partial charge on any atom is 0.337 e. The average molecular weight is 252 g/mol. The largest absolute Gasteiger partial charge is 0.478 e. The molecule has 1 aliphatic heterocycles. The monoisotopic (exact) mass is 252 g/mol. The van der Waals surface area contributed by atoms with E-state index in [-0.39, 0.29) is 17.4 Å². The minimum atomic E-state index is -1.05.